The first-order chi connectivity index (χ1) is 9.15. The van der Waals surface area contributed by atoms with E-state index in [0.29, 0.717) is 12.1 Å². The molecule has 0 aliphatic heterocycles. The van der Waals surface area contributed by atoms with E-state index in [1.165, 1.54) is 0 Å². The largest absolute Gasteiger partial charge is 0.399 e. The van der Waals surface area contributed by atoms with Gasteiger partial charge >= 0.3 is 0 Å². The van der Waals surface area contributed by atoms with Crippen molar-refractivity contribution in [3.05, 3.63) is 42.5 Å². The molecule has 1 aromatic heterocycles. The summed E-state index contributed by atoms with van der Waals surface area (Å²) in [4.78, 5) is 15.9. The van der Waals surface area contributed by atoms with E-state index in [1.54, 1.807) is 18.3 Å². The van der Waals surface area contributed by atoms with Crippen molar-refractivity contribution in [3.63, 3.8) is 0 Å². The number of amides is 1. The second kappa shape index (κ2) is 6.04. The lowest BCUT2D eigenvalue weighted by molar-refractivity contribution is -0.116. The van der Waals surface area contributed by atoms with E-state index < -0.39 is 0 Å². The van der Waals surface area contributed by atoms with Gasteiger partial charge in [-0.15, -0.1) is 0 Å². The van der Waals surface area contributed by atoms with Gasteiger partial charge in [-0.05, 0) is 31.5 Å². The van der Waals surface area contributed by atoms with Gasteiger partial charge in [-0.1, -0.05) is 6.07 Å². The van der Waals surface area contributed by atoms with Crippen molar-refractivity contribution >= 4 is 17.3 Å². The van der Waals surface area contributed by atoms with E-state index in [-0.39, 0.29) is 5.91 Å². The Bertz CT molecular complexity index is 562. The smallest absolute Gasteiger partial charge is 0.224 e. The summed E-state index contributed by atoms with van der Waals surface area (Å²) in [6, 6.07) is 7.18. The van der Waals surface area contributed by atoms with Gasteiger partial charge in [0.05, 0.1) is 0 Å². The van der Waals surface area contributed by atoms with Gasteiger partial charge in [-0.3, -0.25) is 4.79 Å². The van der Waals surface area contributed by atoms with E-state index in [2.05, 4.69) is 10.3 Å². The van der Waals surface area contributed by atoms with E-state index >= 15 is 0 Å². The molecule has 0 bridgehead atoms. The number of nitrogens with one attached hydrogen (secondary N) is 1. The lowest BCUT2D eigenvalue weighted by Crippen LogP contribution is -2.12. The fourth-order valence-electron chi connectivity index (χ4n) is 1.89. The monoisotopic (exact) mass is 258 g/mol. The highest BCUT2D eigenvalue weighted by atomic mass is 16.1. The number of aromatic nitrogens is 2. The number of hydrogen-bond acceptors (Lipinski definition) is 3. The van der Waals surface area contributed by atoms with Crippen LogP contribution in [0.4, 0.5) is 11.4 Å². The molecule has 2 aromatic rings. The fourth-order valence-corrected chi connectivity index (χ4v) is 1.89. The third-order valence-electron chi connectivity index (χ3n) is 2.90. The van der Waals surface area contributed by atoms with Gasteiger partial charge < -0.3 is 15.6 Å². The molecular weight excluding hydrogens is 240 g/mol. The summed E-state index contributed by atoms with van der Waals surface area (Å²) >= 11 is 0. The van der Waals surface area contributed by atoms with Crippen LogP contribution in [0.2, 0.25) is 0 Å². The number of rotatable bonds is 5. The summed E-state index contributed by atoms with van der Waals surface area (Å²) in [5.74, 6) is 0.972. The zero-order chi connectivity index (χ0) is 13.7. The molecule has 1 heterocycles. The number of anilines is 2. The first kappa shape index (κ1) is 13.1. The van der Waals surface area contributed by atoms with Gasteiger partial charge in [0.25, 0.3) is 0 Å². The van der Waals surface area contributed by atoms with Crippen molar-refractivity contribution in [2.45, 2.75) is 26.3 Å². The van der Waals surface area contributed by atoms with Gasteiger partial charge in [0.2, 0.25) is 5.91 Å². The number of aryl methyl sites for hydroxylation is 2. The van der Waals surface area contributed by atoms with E-state index in [1.807, 2.05) is 29.8 Å². The third-order valence-corrected chi connectivity index (χ3v) is 2.90. The Morgan fingerprint density at radius 2 is 2.32 bits per heavy atom. The zero-order valence-corrected chi connectivity index (χ0v) is 11.0. The number of hydrogen-bond donors (Lipinski definition) is 2. The highest BCUT2D eigenvalue weighted by molar-refractivity contribution is 5.91. The number of nitrogens with two attached hydrogens (primary N) is 1. The van der Waals surface area contributed by atoms with Crippen molar-refractivity contribution in [2.75, 3.05) is 11.1 Å². The minimum atomic E-state index is 0.00312. The Hall–Kier alpha value is -2.30. The van der Waals surface area contributed by atoms with Crippen molar-refractivity contribution < 1.29 is 4.79 Å². The topological polar surface area (TPSA) is 72.9 Å². The molecule has 0 saturated heterocycles. The van der Waals surface area contributed by atoms with Crippen molar-refractivity contribution in [3.8, 4) is 0 Å². The third kappa shape index (κ3) is 3.84. The molecule has 2 rings (SSSR count). The van der Waals surface area contributed by atoms with Gasteiger partial charge in [0.1, 0.15) is 5.82 Å². The van der Waals surface area contributed by atoms with Crippen LogP contribution in [-0.2, 0) is 11.3 Å². The molecule has 0 unspecified atom stereocenters. The van der Waals surface area contributed by atoms with Crippen LogP contribution in [0.3, 0.4) is 0 Å². The van der Waals surface area contributed by atoms with Crippen molar-refractivity contribution in [2.24, 2.45) is 0 Å². The summed E-state index contributed by atoms with van der Waals surface area (Å²) in [7, 11) is 0. The van der Waals surface area contributed by atoms with E-state index in [4.69, 9.17) is 5.73 Å². The fraction of sp³-hybridized carbons (Fsp3) is 0.286. The van der Waals surface area contributed by atoms with Crippen LogP contribution in [0.1, 0.15) is 18.7 Å². The quantitative estimate of drug-likeness (QED) is 0.807. The molecule has 0 radical (unpaired) electrons. The average molecular weight is 258 g/mol. The first-order valence-electron chi connectivity index (χ1n) is 6.28. The zero-order valence-electron chi connectivity index (χ0n) is 11.0. The molecule has 0 spiro atoms. The Labute approximate surface area is 112 Å². The molecule has 0 fully saturated rings. The minimum Gasteiger partial charge on any atom is -0.399 e. The molecule has 5 nitrogen and oxygen atoms in total. The number of nitrogens with zero attached hydrogens (tertiary/aromatic N) is 2. The predicted molar refractivity (Wildman–Crippen MR) is 75.7 cm³/mol. The molecule has 0 aliphatic carbocycles. The SMILES string of the molecule is Cc1nccn1CCCC(=O)Nc1cccc(N)c1. The first-order valence-corrected chi connectivity index (χ1v) is 6.28. The highest BCUT2D eigenvalue weighted by Crippen LogP contribution is 2.12. The molecule has 1 amide bonds. The average Bonchev–Trinajstić information content (AvgIpc) is 2.75. The lowest BCUT2D eigenvalue weighted by atomic mass is 10.2. The van der Waals surface area contributed by atoms with Gasteiger partial charge in [0.15, 0.2) is 0 Å². The summed E-state index contributed by atoms with van der Waals surface area (Å²) < 4.78 is 2.04. The van der Waals surface area contributed by atoms with Crippen LogP contribution in [0.25, 0.3) is 0 Å². The van der Waals surface area contributed by atoms with Crippen LogP contribution in [-0.4, -0.2) is 15.5 Å². The minimum absolute atomic E-state index is 0.00312. The lowest BCUT2D eigenvalue weighted by Gasteiger charge is -2.07. The van der Waals surface area contributed by atoms with Crippen molar-refractivity contribution in [1.82, 2.24) is 9.55 Å². The summed E-state index contributed by atoms with van der Waals surface area (Å²) in [6.45, 7) is 2.75. The Balaban J connectivity index is 1.77. The number of carbonyl (C=O) groups is 1. The predicted octanol–water partition coefficient (Wildman–Crippen LogP) is 2.19. The Morgan fingerprint density at radius 1 is 1.47 bits per heavy atom. The second-order valence-corrected chi connectivity index (χ2v) is 4.45. The molecule has 5 heteroatoms. The van der Waals surface area contributed by atoms with Crippen LogP contribution in [0.15, 0.2) is 36.7 Å². The van der Waals surface area contributed by atoms with Crippen LogP contribution >= 0.6 is 0 Å². The van der Waals surface area contributed by atoms with E-state index in [0.717, 1.165) is 24.5 Å². The molecule has 19 heavy (non-hydrogen) atoms. The molecule has 0 saturated carbocycles. The maximum Gasteiger partial charge on any atom is 0.224 e. The molecule has 100 valence electrons. The second-order valence-electron chi connectivity index (χ2n) is 4.45. The maximum atomic E-state index is 11.8. The van der Waals surface area contributed by atoms with E-state index in [9.17, 15) is 4.79 Å². The van der Waals surface area contributed by atoms with Crippen LogP contribution in [0.5, 0.6) is 0 Å². The normalized spacial score (nSPS) is 10.4. The maximum absolute atomic E-state index is 11.8. The Morgan fingerprint density at radius 3 is 3.00 bits per heavy atom. The van der Waals surface area contributed by atoms with Gasteiger partial charge in [0, 0.05) is 36.7 Å². The van der Waals surface area contributed by atoms with Crippen molar-refractivity contribution in [1.29, 1.82) is 0 Å². The number of benzene rings is 1. The van der Waals surface area contributed by atoms with Crippen LogP contribution in [0, 0.1) is 6.92 Å². The standard InChI is InChI=1S/C14H18N4O/c1-11-16-7-9-18(11)8-3-6-14(19)17-13-5-2-4-12(15)10-13/h2,4-5,7,9-10H,3,6,8,15H2,1H3,(H,17,19). The molecule has 0 atom stereocenters. The van der Waals surface area contributed by atoms with Crippen LogP contribution < -0.4 is 11.1 Å². The summed E-state index contributed by atoms with van der Waals surface area (Å²) in [5.41, 5.74) is 7.04. The Kier molecular flexibility index (Phi) is 4.18. The molecule has 0 aliphatic rings. The summed E-state index contributed by atoms with van der Waals surface area (Å²) in [6.07, 6.45) is 4.95. The summed E-state index contributed by atoms with van der Waals surface area (Å²) in [5, 5.41) is 2.83. The number of nitrogen functional groups attached to an aromatic ring is 1. The van der Waals surface area contributed by atoms with Gasteiger partial charge in [-0.25, -0.2) is 4.98 Å². The number of carbonyl (C=O) groups excluding carboxylic acids is 1. The highest BCUT2D eigenvalue weighted by Gasteiger charge is 2.03. The van der Waals surface area contributed by atoms with Gasteiger partial charge in [-0.2, -0.15) is 0 Å². The molecule has 3 N–H and O–H groups in total. The number of imidazole rings is 1. The molecular formula is C14H18N4O. The molecule has 1 aromatic carbocycles.